The van der Waals surface area contributed by atoms with E-state index >= 15 is 0 Å². The zero-order valence-electron chi connectivity index (χ0n) is 11.2. The number of rotatable bonds is 8. The summed E-state index contributed by atoms with van der Waals surface area (Å²) in [5, 5.41) is 8.82. The molecular weight excluding hydrogens is 262 g/mol. The Kier molecular flexibility index (Phi) is 6.21. The van der Waals surface area contributed by atoms with Crippen LogP contribution < -0.4 is 0 Å². The van der Waals surface area contributed by atoms with E-state index in [9.17, 15) is 8.42 Å². The van der Waals surface area contributed by atoms with Crippen LogP contribution >= 0.6 is 0 Å². The molecule has 0 aliphatic heterocycles. The fourth-order valence-electron chi connectivity index (χ4n) is 1.72. The Hall–Kier alpha value is -1.17. The second-order valence-electron chi connectivity index (χ2n) is 4.38. The van der Waals surface area contributed by atoms with Gasteiger partial charge in [-0.15, -0.1) is 6.58 Å². The predicted octanol–water partition coefficient (Wildman–Crippen LogP) is 1.81. The molecule has 0 aliphatic rings. The Bertz CT molecular complexity index is 494. The number of hydrogen-bond donors (Lipinski definition) is 1. The lowest BCUT2D eigenvalue weighted by Crippen LogP contribution is -2.27. The van der Waals surface area contributed by atoms with Crippen LogP contribution in [0.4, 0.5) is 0 Å². The number of nitrogens with zero attached hydrogens (tertiary/aromatic N) is 1. The van der Waals surface area contributed by atoms with Crippen molar-refractivity contribution in [1.29, 1.82) is 0 Å². The minimum atomic E-state index is -3.41. The summed E-state index contributed by atoms with van der Waals surface area (Å²) in [7, 11) is -1.83. The highest BCUT2D eigenvalue weighted by Crippen LogP contribution is 2.16. The molecule has 0 bridgehead atoms. The summed E-state index contributed by atoms with van der Waals surface area (Å²) in [5.74, 6) is 0. The van der Waals surface area contributed by atoms with Gasteiger partial charge in [-0.25, -0.2) is 12.7 Å². The molecule has 19 heavy (non-hydrogen) atoms. The third kappa shape index (κ3) is 4.45. The van der Waals surface area contributed by atoms with E-state index in [-0.39, 0.29) is 11.5 Å². The molecule has 1 rings (SSSR count). The first kappa shape index (κ1) is 15.9. The van der Waals surface area contributed by atoms with Crippen LogP contribution in [0.5, 0.6) is 0 Å². The standard InChI is InChI=1S/C14H21NO3S/c1-3-4-5-11-15(2)19(17,18)14-8-6-13(7-9-14)10-12-16/h3,6-9,16H,1,4-5,10-12H2,2H3. The van der Waals surface area contributed by atoms with Gasteiger partial charge in [0.25, 0.3) is 0 Å². The van der Waals surface area contributed by atoms with Gasteiger partial charge in [-0.2, -0.15) is 0 Å². The second kappa shape index (κ2) is 7.43. The Labute approximate surface area is 115 Å². The lowest BCUT2D eigenvalue weighted by Gasteiger charge is -2.17. The van der Waals surface area contributed by atoms with Gasteiger partial charge in [-0.1, -0.05) is 18.2 Å². The fourth-order valence-corrected chi connectivity index (χ4v) is 2.92. The van der Waals surface area contributed by atoms with Crippen LogP contribution in [0, 0.1) is 0 Å². The highest BCUT2D eigenvalue weighted by atomic mass is 32.2. The molecule has 0 unspecified atom stereocenters. The van der Waals surface area contributed by atoms with E-state index in [0.717, 1.165) is 18.4 Å². The Morgan fingerprint density at radius 2 is 1.95 bits per heavy atom. The maximum absolute atomic E-state index is 12.2. The van der Waals surface area contributed by atoms with Gasteiger partial charge in [0.05, 0.1) is 4.90 Å². The van der Waals surface area contributed by atoms with Gasteiger partial charge in [-0.3, -0.25) is 0 Å². The van der Waals surface area contributed by atoms with Gasteiger partial charge in [0.15, 0.2) is 0 Å². The monoisotopic (exact) mass is 283 g/mol. The summed E-state index contributed by atoms with van der Waals surface area (Å²) in [6.45, 7) is 4.16. The topological polar surface area (TPSA) is 57.6 Å². The molecule has 0 aliphatic carbocycles. The quantitative estimate of drug-likeness (QED) is 0.585. The van der Waals surface area contributed by atoms with Crippen molar-refractivity contribution in [3.8, 4) is 0 Å². The maximum atomic E-state index is 12.2. The summed E-state index contributed by atoms with van der Waals surface area (Å²) < 4.78 is 25.9. The minimum Gasteiger partial charge on any atom is -0.396 e. The smallest absolute Gasteiger partial charge is 0.242 e. The molecule has 0 atom stereocenters. The van der Waals surface area contributed by atoms with Crippen LogP contribution in [0.1, 0.15) is 18.4 Å². The molecular formula is C14H21NO3S. The Morgan fingerprint density at radius 3 is 2.47 bits per heavy atom. The van der Waals surface area contributed by atoms with Gasteiger partial charge in [0, 0.05) is 20.2 Å². The van der Waals surface area contributed by atoms with Crippen molar-refractivity contribution in [2.75, 3.05) is 20.2 Å². The Morgan fingerprint density at radius 1 is 1.32 bits per heavy atom. The van der Waals surface area contributed by atoms with Crippen LogP contribution in [0.25, 0.3) is 0 Å². The van der Waals surface area contributed by atoms with Crippen molar-refractivity contribution in [2.24, 2.45) is 0 Å². The lowest BCUT2D eigenvalue weighted by molar-refractivity contribution is 0.299. The zero-order chi connectivity index (χ0) is 14.3. The largest absolute Gasteiger partial charge is 0.396 e. The van der Waals surface area contributed by atoms with Crippen molar-refractivity contribution in [3.63, 3.8) is 0 Å². The van der Waals surface area contributed by atoms with E-state index in [1.165, 1.54) is 4.31 Å². The van der Waals surface area contributed by atoms with Gasteiger partial charge < -0.3 is 5.11 Å². The summed E-state index contributed by atoms with van der Waals surface area (Å²) in [6.07, 6.45) is 3.89. The van der Waals surface area contributed by atoms with Crippen molar-refractivity contribution < 1.29 is 13.5 Å². The molecule has 0 fully saturated rings. The first-order chi connectivity index (χ1) is 9.02. The molecule has 0 heterocycles. The van der Waals surface area contributed by atoms with Crippen LogP contribution in [0.3, 0.4) is 0 Å². The molecule has 0 amide bonds. The van der Waals surface area contributed by atoms with E-state index in [1.54, 1.807) is 37.4 Å². The summed E-state index contributed by atoms with van der Waals surface area (Å²) in [6, 6.07) is 6.65. The molecule has 1 aromatic carbocycles. The molecule has 0 aromatic heterocycles. The van der Waals surface area contributed by atoms with Gasteiger partial charge in [0.2, 0.25) is 10.0 Å². The van der Waals surface area contributed by atoms with Crippen LogP contribution in [0.15, 0.2) is 41.8 Å². The number of unbranched alkanes of at least 4 members (excludes halogenated alkanes) is 1. The average molecular weight is 283 g/mol. The number of hydrogen-bond acceptors (Lipinski definition) is 3. The van der Waals surface area contributed by atoms with Crippen molar-refractivity contribution in [2.45, 2.75) is 24.2 Å². The maximum Gasteiger partial charge on any atom is 0.242 e. The number of benzene rings is 1. The summed E-state index contributed by atoms with van der Waals surface area (Å²) in [4.78, 5) is 0.287. The first-order valence-electron chi connectivity index (χ1n) is 6.29. The molecule has 0 saturated carbocycles. The lowest BCUT2D eigenvalue weighted by atomic mass is 10.2. The highest BCUT2D eigenvalue weighted by Gasteiger charge is 2.19. The number of allylic oxidation sites excluding steroid dienone is 1. The SMILES string of the molecule is C=CCCCN(C)S(=O)(=O)c1ccc(CCO)cc1. The average Bonchev–Trinajstić information content (AvgIpc) is 2.40. The van der Waals surface area contributed by atoms with Crippen molar-refractivity contribution in [1.82, 2.24) is 4.31 Å². The molecule has 4 nitrogen and oxygen atoms in total. The fraction of sp³-hybridized carbons (Fsp3) is 0.429. The third-order valence-corrected chi connectivity index (χ3v) is 4.78. The summed E-state index contributed by atoms with van der Waals surface area (Å²) >= 11 is 0. The molecule has 0 spiro atoms. The van der Waals surface area contributed by atoms with E-state index in [1.807, 2.05) is 0 Å². The molecule has 106 valence electrons. The van der Waals surface area contributed by atoms with E-state index in [4.69, 9.17) is 5.11 Å². The molecule has 5 heteroatoms. The molecule has 0 saturated heterocycles. The van der Waals surface area contributed by atoms with Gasteiger partial charge in [0.1, 0.15) is 0 Å². The normalized spacial score (nSPS) is 11.7. The third-order valence-electron chi connectivity index (χ3n) is 2.91. The molecule has 1 N–H and O–H groups in total. The van der Waals surface area contributed by atoms with E-state index < -0.39 is 10.0 Å². The van der Waals surface area contributed by atoms with Crippen LogP contribution in [0.2, 0.25) is 0 Å². The van der Waals surface area contributed by atoms with Gasteiger partial charge >= 0.3 is 0 Å². The van der Waals surface area contributed by atoms with Crippen molar-refractivity contribution >= 4 is 10.0 Å². The predicted molar refractivity (Wildman–Crippen MR) is 76.5 cm³/mol. The minimum absolute atomic E-state index is 0.0630. The number of sulfonamides is 1. The van der Waals surface area contributed by atoms with Crippen molar-refractivity contribution in [3.05, 3.63) is 42.5 Å². The molecule has 1 aromatic rings. The van der Waals surface area contributed by atoms with E-state index in [2.05, 4.69) is 6.58 Å². The second-order valence-corrected chi connectivity index (χ2v) is 6.42. The zero-order valence-corrected chi connectivity index (χ0v) is 12.1. The van der Waals surface area contributed by atoms with Crippen LogP contribution in [-0.4, -0.2) is 38.0 Å². The molecule has 0 radical (unpaired) electrons. The highest BCUT2D eigenvalue weighted by molar-refractivity contribution is 7.89. The number of aliphatic hydroxyl groups excluding tert-OH is 1. The Balaban J connectivity index is 2.78. The van der Waals surface area contributed by atoms with Gasteiger partial charge in [-0.05, 0) is 37.0 Å². The van der Waals surface area contributed by atoms with E-state index in [0.29, 0.717) is 13.0 Å². The first-order valence-corrected chi connectivity index (χ1v) is 7.73. The van der Waals surface area contributed by atoms with Crippen LogP contribution in [-0.2, 0) is 16.4 Å². The number of aliphatic hydroxyl groups is 1. The summed E-state index contributed by atoms with van der Waals surface area (Å²) in [5.41, 5.74) is 0.927.